The van der Waals surface area contributed by atoms with Crippen LogP contribution in [0.5, 0.6) is 0 Å². The third kappa shape index (κ3) is 11.2. The molecule has 0 aromatic carbocycles. The van der Waals surface area contributed by atoms with Crippen LogP contribution in [0.4, 0.5) is 4.79 Å². The Morgan fingerprint density at radius 3 is 1.86 bits per heavy atom. The summed E-state index contributed by atoms with van der Waals surface area (Å²) in [4.78, 5) is 15.8. The molecule has 0 aromatic rings. The van der Waals surface area contributed by atoms with E-state index in [0.29, 0.717) is 24.5 Å². The molecule has 166 valence electrons. The minimum Gasteiger partial charge on any atom is -0.444 e. The summed E-state index contributed by atoms with van der Waals surface area (Å²) in [5.41, 5.74) is -0.423. The zero-order chi connectivity index (χ0) is 21.3. The second kappa shape index (κ2) is 12.0. The van der Waals surface area contributed by atoms with Gasteiger partial charge in [0.05, 0.1) is 18.8 Å². The topological polar surface area (TPSA) is 51.2 Å². The zero-order valence-corrected chi connectivity index (χ0v) is 19.5. The number of hydrogen-bond donors (Lipinski definition) is 0. The highest BCUT2D eigenvalue weighted by Crippen LogP contribution is 2.17. The molecule has 0 bridgehead atoms. The van der Waals surface area contributed by atoms with Crippen molar-refractivity contribution in [2.75, 3.05) is 46.4 Å². The molecule has 2 rings (SSSR count). The summed E-state index contributed by atoms with van der Waals surface area (Å²) in [6, 6.07) is 0. The first-order valence-electron chi connectivity index (χ1n) is 10.9. The predicted octanol–water partition coefficient (Wildman–Crippen LogP) is 4.03. The number of hydrogen-bond acceptors (Lipinski definition) is 5. The summed E-state index contributed by atoms with van der Waals surface area (Å²) in [5, 5.41) is 0. The van der Waals surface area contributed by atoms with Gasteiger partial charge in [-0.05, 0) is 52.5 Å². The number of nitrogens with zero attached hydrogens (tertiary/aromatic N) is 2. The van der Waals surface area contributed by atoms with Crippen molar-refractivity contribution in [2.45, 2.75) is 79.1 Å². The standard InChI is InChI=1S/C13H25NO3.C9H19NO/c1-10(2)9-16-11-6-7-14(8-11)12(15)17-13(3,4)5;1-8(2)7-11-9-4-5-10(3)6-9/h10-11H,6-9H2,1-5H3;8-9H,4-7H2,1-3H3. The van der Waals surface area contributed by atoms with Gasteiger partial charge in [-0.3, -0.25) is 0 Å². The quantitative estimate of drug-likeness (QED) is 0.674. The highest BCUT2D eigenvalue weighted by Gasteiger charge is 2.30. The lowest BCUT2D eigenvalue weighted by molar-refractivity contribution is 0.0174. The van der Waals surface area contributed by atoms with Crippen molar-refractivity contribution in [2.24, 2.45) is 11.8 Å². The molecule has 0 N–H and O–H groups in total. The summed E-state index contributed by atoms with van der Waals surface area (Å²) < 4.78 is 16.7. The summed E-state index contributed by atoms with van der Waals surface area (Å²) >= 11 is 0. The minimum atomic E-state index is -0.423. The number of rotatable bonds is 6. The molecule has 1 amide bonds. The van der Waals surface area contributed by atoms with Gasteiger partial charge in [-0.2, -0.15) is 0 Å². The Morgan fingerprint density at radius 1 is 0.929 bits per heavy atom. The average molecular weight is 401 g/mol. The monoisotopic (exact) mass is 400 g/mol. The van der Waals surface area contributed by atoms with Gasteiger partial charge in [0.25, 0.3) is 0 Å². The van der Waals surface area contributed by atoms with E-state index in [1.807, 2.05) is 20.8 Å². The number of likely N-dealkylation sites (N-methyl/N-ethyl adjacent to an activating group) is 1. The number of ether oxygens (including phenoxy) is 3. The number of likely N-dealkylation sites (tertiary alicyclic amines) is 2. The average Bonchev–Trinajstić information content (AvgIpc) is 3.19. The first-order chi connectivity index (χ1) is 13.0. The Bertz CT molecular complexity index is 448. The molecule has 28 heavy (non-hydrogen) atoms. The van der Waals surface area contributed by atoms with Crippen LogP contribution < -0.4 is 0 Å². The molecule has 0 radical (unpaired) electrons. The molecule has 2 aliphatic heterocycles. The van der Waals surface area contributed by atoms with Gasteiger partial charge in [-0.15, -0.1) is 0 Å². The summed E-state index contributed by atoms with van der Waals surface area (Å²) in [7, 11) is 2.15. The number of amides is 1. The minimum absolute atomic E-state index is 0.171. The maximum absolute atomic E-state index is 11.8. The highest BCUT2D eigenvalue weighted by molar-refractivity contribution is 5.68. The Morgan fingerprint density at radius 2 is 1.43 bits per heavy atom. The molecule has 0 saturated carbocycles. The van der Waals surface area contributed by atoms with E-state index in [4.69, 9.17) is 14.2 Å². The van der Waals surface area contributed by atoms with E-state index in [1.54, 1.807) is 4.90 Å². The lowest BCUT2D eigenvalue weighted by Crippen LogP contribution is -2.36. The van der Waals surface area contributed by atoms with Crippen LogP contribution >= 0.6 is 0 Å². The Balaban J connectivity index is 0.000000307. The van der Waals surface area contributed by atoms with Crippen LogP contribution in [0.1, 0.15) is 61.3 Å². The Kier molecular flexibility index (Phi) is 10.8. The van der Waals surface area contributed by atoms with E-state index >= 15 is 0 Å². The number of carbonyl (C=O) groups excluding carboxylic acids is 1. The lowest BCUT2D eigenvalue weighted by atomic mass is 10.2. The fourth-order valence-corrected chi connectivity index (χ4v) is 3.04. The molecular formula is C22H44N2O4. The maximum atomic E-state index is 11.8. The summed E-state index contributed by atoms with van der Waals surface area (Å²) in [5.74, 6) is 1.20. The van der Waals surface area contributed by atoms with E-state index in [1.165, 1.54) is 13.0 Å². The van der Waals surface area contributed by atoms with Crippen LogP contribution in [-0.4, -0.2) is 80.1 Å². The van der Waals surface area contributed by atoms with Crippen LogP contribution in [0.15, 0.2) is 0 Å². The molecule has 6 nitrogen and oxygen atoms in total. The summed E-state index contributed by atoms with van der Waals surface area (Å²) in [6.45, 7) is 19.7. The van der Waals surface area contributed by atoms with Crippen molar-refractivity contribution in [1.29, 1.82) is 0 Å². The largest absolute Gasteiger partial charge is 0.444 e. The second-order valence-corrected chi connectivity index (χ2v) is 9.96. The zero-order valence-electron chi connectivity index (χ0n) is 19.5. The van der Waals surface area contributed by atoms with Crippen molar-refractivity contribution >= 4 is 6.09 Å². The molecule has 2 atom stereocenters. The van der Waals surface area contributed by atoms with Gasteiger partial charge < -0.3 is 24.0 Å². The third-order valence-electron chi connectivity index (χ3n) is 4.48. The number of carbonyl (C=O) groups is 1. The molecule has 2 heterocycles. The van der Waals surface area contributed by atoms with Crippen LogP contribution in [0.2, 0.25) is 0 Å². The van der Waals surface area contributed by atoms with Crippen molar-refractivity contribution in [1.82, 2.24) is 9.80 Å². The van der Waals surface area contributed by atoms with E-state index < -0.39 is 5.60 Å². The van der Waals surface area contributed by atoms with Crippen LogP contribution in [0.25, 0.3) is 0 Å². The molecule has 0 aliphatic carbocycles. The predicted molar refractivity (Wildman–Crippen MR) is 114 cm³/mol. The van der Waals surface area contributed by atoms with Crippen LogP contribution in [-0.2, 0) is 14.2 Å². The molecule has 0 spiro atoms. The normalized spacial score (nSPS) is 23.3. The molecule has 2 saturated heterocycles. The van der Waals surface area contributed by atoms with Gasteiger partial charge in [0.1, 0.15) is 5.60 Å². The fourth-order valence-electron chi connectivity index (χ4n) is 3.04. The van der Waals surface area contributed by atoms with Crippen molar-refractivity contribution < 1.29 is 19.0 Å². The van der Waals surface area contributed by atoms with E-state index in [2.05, 4.69) is 39.6 Å². The second-order valence-electron chi connectivity index (χ2n) is 9.96. The maximum Gasteiger partial charge on any atom is 0.410 e. The lowest BCUT2D eigenvalue weighted by Gasteiger charge is -2.24. The molecule has 2 aliphatic rings. The van der Waals surface area contributed by atoms with Crippen molar-refractivity contribution in [3.63, 3.8) is 0 Å². The fraction of sp³-hybridized carbons (Fsp3) is 0.955. The first kappa shape index (κ1) is 25.2. The summed E-state index contributed by atoms with van der Waals surface area (Å²) in [6.07, 6.45) is 2.57. The molecular weight excluding hydrogens is 356 g/mol. The highest BCUT2D eigenvalue weighted by atomic mass is 16.6. The van der Waals surface area contributed by atoms with Gasteiger partial charge in [-0.1, -0.05) is 27.7 Å². The van der Waals surface area contributed by atoms with Crippen molar-refractivity contribution in [3.05, 3.63) is 0 Å². The molecule has 0 aromatic heterocycles. The first-order valence-corrected chi connectivity index (χ1v) is 10.9. The van der Waals surface area contributed by atoms with Gasteiger partial charge >= 0.3 is 6.09 Å². The Labute approximate surface area is 172 Å². The van der Waals surface area contributed by atoms with Crippen LogP contribution in [0.3, 0.4) is 0 Å². The van der Waals surface area contributed by atoms with E-state index in [9.17, 15) is 4.79 Å². The van der Waals surface area contributed by atoms with E-state index in [0.717, 1.165) is 32.7 Å². The molecule has 2 fully saturated rings. The molecule has 6 heteroatoms. The van der Waals surface area contributed by atoms with Gasteiger partial charge in [-0.25, -0.2) is 4.79 Å². The third-order valence-corrected chi connectivity index (χ3v) is 4.48. The SMILES string of the molecule is CC(C)COC1CCN(C(=O)OC(C)(C)C)C1.CC(C)COC1CCN(C)C1. The van der Waals surface area contributed by atoms with Crippen molar-refractivity contribution in [3.8, 4) is 0 Å². The van der Waals surface area contributed by atoms with Crippen LogP contribution in [0, 0.1) is 11.8 Å². The smallest absolute Gasteiger partial charge is 0.410 e. The van der Waals surface area contributed by atoms with Gasteiger partial charge in [0.2, 0.25) is 0 Å². The van der Waals surface area contributed by atoms with Gasteiger partial charge in [0, 0.05) is 32.8 Å². The van der Waals surface area contributed by atoms with Gasteiger partial charge in [0.15, 0.2) is 0 Å². The Hall–Kier alpha value is -0.850. The van der Waals surface area contributed by atoms with E-state index in [-0.39, 0.29) is 12.2 Å². The molecule has 2 unspecified atom stereocenters.